The Kier molecular flexibility index (Phi) is 6.05. The lowest BCUT2D eigenvalue weighted by atomic mass is 9.66. The van der Waals surface area contributed by atoms with Crippen LogP contribution in [0.15, 0.2) is 77.3 Å². The number of amides is 3. The van der Waals surface area contributed by atoms with Crippen molar-refractivity contribution in [3.63, 3.8) is 0 Å². The summed E-state index contributed by atoms with van der Waals surface area (Å²) in [6.45, 7) is 2.15. The zero-order chi connectivity index (χ0) is 24.7. The van der Waals surface area contributed by atoms with Gasteiger partial charge in [-0.2, -0.15) is 0 Å². The van der Waals surface area contributed by atoms with E-state index in [1.54, 1.807) is 19.1 Å². The van der Waals surface area contributed by atoms with Gasteiger partial charge in [0, 0.05) is 17.4 Å². The van der Waals surface area contributed by atoms with E-state index in [4.69, 9.17) is 0 Å². The number of hydrogen-bond donors (Lipinski definition) is 0. The zero-order valence-corrected chi connectivity index (χ0v) is 20.8. The topological polar surface area (TPSA) is 57.7 Å². The molecule has 0 saturated carbocycles. The molecule has 3 amide bonds. The predicted molar refractivity (Wildman–Crippen MR) is 134 cm³/mol. The summed E-state index contributed by atoms with van der Waals surface area (Å²) in [7, 11) is 0. The van der Waals surface area contributed by atoms with E-state index in [1.165, 1.54) is 15.9 Å². The van der Waals surface area contributed by atoms with Gasteiger partial charge in [-0.25, -0.2) is 4.39 Å². The maximum atomic E-state index is 15.4. The molecule has 2 atom stereocenters. The molecule has 0 aromatic heterocycles. The third-order valence-corrected chi connectivity index (χ3v) is 7.63. The van der Waals surface area contributed by atoms with Crippen molar-refractivity contribution in [2.75, 3.05) is 11.4 Å². The molecule has 0 aliphatic carbocycles. The summed E-state index contributed by atoms with van der Waals surface area (Å²) < 4.78 is 16.3. The molecular formula is C28H24BrFN2O3. The molecule has 2 aliphatic rings. The minimum Gasteiger partial charge on any atom is -0.304 e. The maximum Gasteiger partial charge on any atom is 0.239 e. The maximum absolute atomic E-state index is 15.4. The summed E-state index contributed by atoms with van der Waals surface area (Å²) in [5.41, 5.74) is 0.933. The van der Waals surface area contributed by atoms with E-state index < -0.39 is 17.2 Å². The fourth-order valence-corrected chi connectivity index (χ4v) is 5.74. The molecule has 178 valence electrons. The third kappa shape index (κ3) is 3.78. The van der Waals surface area contributed by atoms with Crippen LogP contribution in [0.1, 0.15) is 30.0 Å². The minimum absolute atomic E-state index is 0.0793. The van der Waals surface area contributed by atoms with E-state index in [1.807, 2.05) is 54.6 Å². The Bertz CT molecular complexity index is 1310. The van der Waals surface area contributed by atoms with Crippen molar-refractivity contribution >= 4 is 39.3 Å². The summed E-state index contributed by atoms with van der Waals surface area (Å²) >= 11 is 3.44. The molecule has 2 heterocycles. The molecule has 2 aliphatic heterocycles. The van der Waals surface area contributed by atoms with Gasteiger partial charge >= 0.3 is 0 Å². The lowest BCUT2D eigenvalue weighted by Gasteiger charge is -2.33. The smallest absolute Gasteiger partial charge is 0.239 e. The Morgan fingerprint density at radius 1 is 0.914 bits per heavy atom. The standard InChI is InChI=1S/C28H24BrFN2O3/c1-2-31-24(33)15-22(26(31)34)28(16-18-11-13-20(29)14-12-18)21-9-6-10-23(30)25(21)32(27(28)35)17-19-7-4-3-5-8-19/h3-14,22H,2,15-17H2,1H3/t22-,28+/m0/s1. The second-order valence-electron chi connectivity index (χ2n) is 9.02. The van der Waals surface area contributed by atoms with Crippen LogP contribution in [0.2, 0.25) is 0 Å². The average molecular weight is 535 g/mol. The number of fused-ring (bicyclic) bond motifs is 1. The monoisotopic (exact) mass is 534 g/mol. The molecule has 1 saturated heterocycles. The fourth-order valence-electron chi connectivity index (χ4n) is 5.48. The number of carbonyl (C=O) groups excluding carboxylic acids is 3. The number of likely N-dealkylation sites (tertiary alicyclic amines) is 1. The third-order valence-electron chi connectivity index (χ3n) is 7.10. The van der Waals surface area contributed by atoms with Gasteiger partial charge in [0.1, 0.15) is 5.82 Å². The van der Waals surface area contributed by atoms with Crippen LogP contribution in [0.3, 0.4) is 0 Å². The van der Waals surface area contributed by atoms with Crippen molar-refractivity contribution < 1.29 is 18.8 Å². The number of carbonyl (C=O) groups is 3. The van der Waals surface area contributed by atoms with Gasteiger partial charge in [-0.1, -0.05) is 70.5 Å². The highest BCUT2D eigenvalue weighted by atomic mass is 79.9. The van der Waals surface area contributed by atoms with Gasteiger partial charge in [0.2, 0.25) is 17.7 Å². The lowest BCUT2D eigenvalue weighted by molar-refractivity contribution is -0.141. The first-order valence-corrected chi connectivity index (χ1v) is 12.4. The van der Waals surface area contributed by atoms with Crippen molar-refractivity contribution in [2.45, 2.75) is 31.7 Å². The van der Waals surface area contributed by atoms with Gasteiger partial charge in [0.25, 0.3) is 0 Å². The highest BCUT2D eigenvalue weighted by Crippen LogP contribution is 2.52. The number of nitrogens with zero attached hydrogens (tertiary/aromatic N) is 2. The summed E-state index contributed by atoms with van der Waals surface area (Å²) in [6, 6.07) is 21.5. The summed E-state index contributed by atoms with van der Waals surface area (Å²) in [4.78, 5) is 43.4. The van der Waals surface area contributed by atoms with Crippen LogP contribution in [0.4, 0.5) is 10.1 Å². The largest absolute Gasteiger partial charge is 0.304 e. The Balaban J connectivity index is 1.70. The molecule has 1 fully saturated rings. The quantitative estimate of drug-likeness (QED) is 0.417. The van der Waals surface area contributed by atoms with Crippen LogP contribution in [-0.2, 0) is 32.8 Å². The first-order valence-electron chi connectivity index (χ1n) is 11.6. The molecule has 3 aromatic carbocycles. The Hall–Kier alpha value is -3.32. The van der Waals surface area contributed by atoms with E-state index in [2.05, 4.69) is 15.9 Å². The van der Waals surface area contributed by atoms with Crippen LogP contribution >= 0.6 is 15.9 Å². The molecule has 35 heavy (non-hydrogen) atoms. The van der Waals surface area contributed by atoms with Crippen molar-refractivity contribution in [1.29, 1.82) is 0 Å². The molecule has 5 rings (SSSR count). The van der Waals surface area contributed by atoms with E-state index in [0.29, 0.717) is 5.56 Å². The lowest BCUT2D eigenvalue weighted by Crippen LogP contribution is -2.49. The highest BCUT2D eigenvalue weighted by molar-refractivity contribution is 9.10. The number of hydrogen-bond acceptors (Lipinski definition) is 3. The van der Waals surface area contributed by atoms with Crippen LogP contribution in [0.5, 0.6) is 0 Å². The van der Waals surface area contributed by atoms with Crippen molar-refractivity contribution in [3.05, 3.63) is 99.8 Å². The highest BCUT2D eigenvalue weighted by Gasteiger charge is 2.61. The number of para-hydroxylation sites is 1. The molecule has 0 unspecified atom stereocenters. The van der Waals surface area contributed by atoms with Gasteiger partial charge in [0.05, 0.1) is 23.6 Å². The molecular weight excluding hydrogens is 511 g/mol. The van der Waals surface area contributed by atoms with Crippen molar-refractivity contribution in [1.82, 2.24) is 4.90 Å². The summed E-state index contributed by atoms with van der Waals surface area (Å²) in [5, 5.41) is 0. The fraction of sp³-hybridized carbons (Fsp3) is 0.250. The number of benzene rings is 3. The first-order chi connectivity index (χ1) is 16.9. The molecule has 3 aromatic rings. The molecule has 7 heteroatoms. The number of anilines is 1. The number of rotatable bonds is 6. The normalized spacial score (nSPS) is 21.7. The second kappa shape index (κ2) is 9.04. The molecule has 0 bridgehead atoms. The van der Waals surface area contributed by atoms with E-state index in [-0.39, 0.29) is 49.3 Å². The molecule has 0 N–H and O–H groups in total. The Morgan fingerprint density at radius 3 is 2.29 bits per heavy atom. The van der Waals surface area contributed by atoms with E-state index in [0.717, 1.165) is 15.6 Å². The number of halogens is 2. The van der Waals surface area contributed by atoms with Crippen LogP contribution in [0.25, 0.3) is 0 Å². The zero-order valence-electron chi connectivity index (χ0n) is 19.2. The minimum atomic E-state index is -1.39. The SMILES string of the molecule is CCN1C(=O)C[C@H]([C@]2(Cc3ccc(Br)cc3)C(=O)N(Cc3ccccc3)c3c(F)cccc32)C1=O. The van der Waals surface area contributed by atoms with Crippen LogP contribution in [-0.4, -0.2) is 29.2 Å². The van der Waals surface area contributed by atoms with Gasteiger partial charge in [-0.05, 0) is 48.2 Å². The van der Waals surface area contributed by atoms with Gasteiger partial charge in [-0.15, -0.1) is 0 Å². The summed E-state index contributed by atoms with van der Waals surface area (Å²) in [6.07, 6.45) is 0.103. The van der Waals surface area contributed by atoms with E-state index >= 15 is 4.39 Å². The van der Waals surface area contributed by atoms with Crippen molar-refractivity contribution in [3.8, 4) is 0 Å². The Morgan fingerprint density at radius 2 is 1.63 bits per heavy atom. The van der Waals surface area contributed by atoms with Crippen LogP contribution in [0, 0.1) is 11.7 Å². The van der Waals surface area contributed by atoms with Gasteiger partial charge in [-0.3, -0.25) is 19.3 Å². The number of imide groups is 1. The molecule has 5 nitrogen and oxygen atoms in total. The molecule has 0 radical (unpaired) electrons. The van der Waals surface area contributed by atoms with E-state index in [9.17, 15) is 14.4 Å². The van der Waals surface area contributed by atoms with Gasteiger partial charge in [0.15, 0.2) is 0 Å². The second-order valence-corrected chi connectivity index (χ2v) is 9.94. The first kappa shape index (κ1) is 23.4. The molecule has 0 spiro atoms. The predicted octanol–water partition coefficient (Wildman–Crippen LogP) is 5.01. The Labute approximate surface area is 211 Å². The van der Waals surface area contributed by atoms with Crippen molar-refractivity contribution in [2.24, 2.45) is 5.92 Å². The average Bonchev–Trinajstić information content (AvgIpc) is 3.27. The summed E-state index contributed by atoms with van der Waals surface area (Å²) in [5.74, 6) is -2.46. The van der Waals surface area contributed by atoms with Gasteiger partial charge < -0.3 is 4.90 Å². The van der Waals surface area contributed by atoms with Crippen LogP contribution < -0.4 is 4.90 Å².